The molecule has 1 aromatic rings. The van der Waals surface area contributed by atoms with E-state index in [1.165, 1.54) is 6.07 Å². The number of rotatable bonds is 5. The van der Waals surface area contributed by atoms with Crippen LogP contribution in [0.1, 0.15) is 44.5 Å². The Balaban J connectivity index is 3.11. The van der Waals surface area contributed by atoms with Gasteiger partial charge >= 0.3 is 5.97 Å². The van der Waals surface area contributed by atoms with Gasteiger partial charge in [-0.3, -0.25) is 4.79 Å². The summed E-state index contributed by atoms with van der Waals surface area (Å²) in [7, 11) is 0. The van der Waals surface area contributed by atoms with Crippen LogP contribution in [0.15, 0.2) is 21.5 Å². The van der Waals surface area contributed by atoms with Crippen LogP contribution in [0.25, 0.3) is 0 Å². The number of carboxylic acids is 1. The highest BCUT2D eigenvalue weighted by molar-refractivity contribution is 9.10. The molecule has 0 aliphatic carbocycles. The second-order valence-corrected chi connectivity index (χ2v) is 7.36. The molecule has 1 rings (SSSR count). The van der Waals surface area contributed by atoms with E-state index in [0.717, 1.165) is 24.2 Å². The van der Waals surface area contributed by atoms with Gasteiger partial charge in [0.1, 0.15) is 5.82 Å². The lowest BCUT2D eigenvalue weighted by Gasteiger charge is -2.29. The van der Waals surface area contributed by atoms with E-state index in [-0.39, 0.29) is 11.0 Å². The average Bonchev–Trinajstić information content (AvgIpc) is 2.39. The zero-order chi connectivity index (χ0) is 16.4. The van der Waals surface area contributed by atoms with Crippen LogP contribution in [0.5, 0.6) is 0 Å². The first-order valence-corrected chi connectivity index (χ1v) is 8.16. The van der Waals surface area contributed by atoms with E-state index in [4.69, 9.17) is 5.11 Å². The maximum atomic E-state index is 13.5. The third-order valence-electron chi connectivity index (χ3n) is 3.83. The van der Waals surface area contributed by atoms with E-state index in [9.17, 15) is 14.0 Å². The van der Waals surface area contributed by atoms with Crippen LogP contribution in [-0.4, -0.2) is 16.2 Å². The highest BCUT2D eigenvalue weighted by Crippen LogP contribution is 2.39. The lowest BCUT2D eigenvalue weighted by Crippen LogP contribution is -2.29. The number of aromatic carboxylic acids is 1. The summed E-state index contributed by atoms with van der Waals surface area (Å²) in [6.45, 7) is 7.75. The van der Waals surface area contributed by atoms with Gasteiger partial charge in [0.25, 0.3) is 0 Å². The number of halogens is 2. The molecule has 3 nitrogen and oxygen atoms in total. The molecular formula is C15H18BrFO3S. The molecule has 21 heavy (non-hydrogen) atoms. The molecule has 0 aromatic heterocycles. The minimum atomic E-state index is -1.35. The standard InChI is InChI=1S/C15H18BrFO3S/c1-5-8(2)15(3,4)14(20)21-12-6-9(13(18)19)11(17)7-10(12)16/h6-8H,5H2,1-4H3,(H,18,19). The molecule has 0 saturated carbocycles. The number of carboxylic acid groups (broad SMARTS) is 1. The molecule has 0 aliphatic heterocycles. The van der Waals surface area contributed by atoms with Gasteiger partial charge < -0.3 is 5.11 Å². The summed E-state index contributed by atoms with van der Waals surface area (Å²) in [5, 5.41) is 8.88. The number of hydrogen-bond acceptors (Lipinski definition) is 3. The van der Waals surface area contributed by atoms with Crippen molar-refractivity contribution in [2.45, 2.75) is 39.0 Å². The van der Waals surface area contributed by atoms with E-state index < -0.39 is 22.8 Å². The SMILES string of the molecule is CCC(C)C(C)(C)C(=O)Sc1cc(C(=O)O)c(F)cc1Br. The zero-order valence-corrected chi connectivity index (χ0v) is 14.8. The van der Waals surface area contributed by atoms with Crippen molar-refractivity contribution in [1.29, 1.82) is 0 Å². The van der Waals surface area contributed by atoms with Crippen molar-refractivity contribution in [3.05, 3.63) is 28.0 Å². The highest BCUT2D eigenvalue weighted by Gasteiger charge is 2.33. The molecule has 1 N–H and O–H groups in total. The fourth-order valence-corrected chi connectivity index (χ4v) is 3.27. The molecule has 0 radical (unpaired) electrons. The van der Waals surface area contributed by atoms with Crippen molar-refractivity contribution in [1.82, 2.24) is 0 Å². The summed E-state index contributed by atoms with van der Waals surface area (Å²) in [6, 6.07) is 2.27. The Morgan fingerprint density at radius 3 is 2.48 bits per heavy atom. The van der Waals surface area contributed by atoms with Gasteiger partial charge in [0.2, 0.25) is 0 Å². The Morgan fingerprint density at radius 1 is 1.43 bits per heavy atom. The summed E-state index contributed by atoms with van der Waals surface area (Å²) in [5.41, 5.74) is -0.980. The summed E-state index contributed by atoms with van der Waals surface area (Å²) in [5.74, 6) is -1.99. The Morgan fingerprint density at radius 2 is 2.00 bits per heavy atom. The highest BCUT2D eigenvalue weighted by atomic mass is 79.9. The molecule has 0 bridgehead atoms. The molecule has 0 amide bonds. The molecule has 1 aromatic carbocycles. The lowest BCUT2D eigenvalue weighted by atomic mass is 9.80. The van der Waals surface area contributed by atoms with Crippen molar-refractivity contribution in [2.75, 3.05) is 0 Å². The first-order valence-electron chi connectivity index (χ1n) is 6.55. The third kappa shape index (κ3) is 4.07. The number of thioether (sulfide) groups is 1. The van der Waals surface area contributed by atoms with Crippen LogP contribution in [0.2, 0.25) is 0 Å². The molecule has 0 aliphatic rings. The fourth-order valence-electron chi connectivity index (χ4n) is 1.71. The zero-order valence-electron chi connectivity index (χ0n) is 12.4. The topological polar surface area (TPSA) is 54.4 Å². The van der Waals surface area contributed by atoms with Crippen LogP contribution in [-0.2, 0) is 4.79 Å². The molecule has 1 unspecified atom stereocenters. The van der Waals surface area contributed by atoms with Crippen molar-refractivity contribution in [3.63, 3.8) is 0 Å². The van der Waals surface area contributed by atoms with Gasteiger partial charge in [-0.15, -0.1) is 0 Å². The molecule has 0 spiro atoms. The monoisotopic (exact) mass is 376 g/mol. The van der Waals surface area contributed by atoms with Gasteiger partial charge in [0.05, 0.1) is 5.56 Å². The van der Waals surface area contributed by atoms with Crippen molar-refractivity contribution < 1.29 is 19.1 Å². The smallest absolute Gasteiger partial charge is 0.338 e. The molecule has 6 heteroatoms. The quantitative estimate of drug-likeness (QED) is 0.736. The van der Waals surface area contributed by atoms with Crippen LogP contribution in [0.3, 0.4) is 0 Å². The summed E-state index contributed by atoms with van der Waals surface area (Å²) in [4.78, 5) is 23.8. The number of carbonyl (C=O) groups excluding carboxylic acids is 1. The van der Waals surface area contributed by atoms with Gasteiger partial charge in [-0.25, -0.2) is 9.18 Å². The maximum Gasteiger partial charge on any atom is 0.338 e. The largest absolute Gasteiger partial charge is 0.478 e. The second-order valence-electron chi connectivity index (χ2n) is 5.49. The van der Waals surface area contributed by atoms with Crippen LogP contribution in [0, 0.1) is 17.2 Å². The first kappa shape index (κ1) is 18.2. The lowest BCUT2D eigenvalue weighted by molar-refractivity contribution is -0.120. The first-order chi connectivity index (χ1) is 9.61. The van der Waals surface area contributed by atoms with E-state index >= 15 is 0 Å². The molecule has 0 saturated heterocycles. The Bertz CT molecular complexity index is 572. The van der Waals surface area contributed by atoms with Gasteiger partial charge in [-0.2, -0.15) is 0 Å². The van der Waals surface area contributed by atoms with E-state index in [2.05, 4.69) is 15.9 Å². The van der Waals surface area contributed by atoms with E-state index in [1.54, 1.807) is 0 Å². The average molecular weight is 377 g/mol. The summed E-state index contributed by atoms with van der Waals surface area (Å²) in [6.07, 6.45) is 0.865. The Labute approximate surface area is 136 Å². The summed E-state index contributed by atoms with van der Waals surface area (Å²) < 4.78 is 13.9. The molecule has 1 atom stereocenters. The number of carbonyl (C=O) groups is 2. The van der Waals surface area contributed by atoms with Crippen molar-refractivity contribution >= 4 is 38.8 Å². The van der Waals surface area contributed by atoms with Gasteiger partial charge in [0, 0.05) is 14.8 Å². The van der Waals surface area contributed by atoms with Gasteiger partial charge in [0.15, 0.2) is 5.12 Å². The molecule has 0 fully saturated rings. The summed E-state index contributed by atoms with van der Waals surface area (Å²) >= 11 is 4.12. The predicted octanol–water partition coefficient (Wildman–Crippen LogP) is 4.98. The van der Waals surface area contributed by atoms with E-state index in [1.807, 2.05) is 27.7 Å². The Hall–Kier alpha value is -0.880. The maximum absolute atomic E-state index is 13.5. The normalized spacial score (nSPS) is 13.0. The molecule has 0 heterocycles. The Kier molecular flexibility index (Phi) is 5.99. The minimum absolute atomic E-state index is 0.0690. The van der Waals surface area contributed by atoms with Crippen LogP contribution in [0.4, 0.5) is 4.39 Å². The predicted molar refractivity (Wildman–Crippen MR) is 85.2 cm³/mol. The molecule has 116 valence electrons. The van der Waals surface area contributed by atoms with Crippen molar-refractivity contribution in [3.8, 4) is 0 Å². The second kappa shape index (κ2) is 6.92. The van der Waals surface area contributed by atoms with Gasteiger partial charge in [-0.1, -0.05) is 45.9 Å². The number of benzene rings is 1. The van der Waals surface area contributed by atoms with Crippen molar-refractivity contribution in [2.24, 2.45) is 11.3 Å². The van der Waals surface area contributed by atoms with E-state index in [0.29, 0.717) is 9.37 Å². The van der Waals surface area contributed by atoms with Crippen LogP contribution >= 0.6 is 27.7 Å². The third-order valence-corrected chi connectivity index (χ3v) is 6.01. The fraction of sp³-hybridized carbons (Fsp3) is 0.467. The van der Waals surface area contributed by atoms with Crippen LogP contribution < -0.4 is 0 Å². The number of hydrogen-bond donors (Lipinski definition) is 1. The van der Waals surface area contributed by atoms with Gasteiger partial charge in [-0.05, 0) is 34.0 Å². The molecular weight excluding hydrogens is 359 g/mol. The minimum Gasteiger partial charge on any atom is -0.478 e.